The molecule has 0 aromatic heterocycles. The molecular formula is C20H20S4. The third-order valence-corrected chi connectivity index (χ3v) is 5.66. The molecular weight excluding hydrogens is 368 g/mol. The zero-order valence-corrected chi connectivity index (χ0v) is 17.1. The summed E-state index contributed by atoms with van der Waals surface area (Å²) in [5.41, 5.74) is 1.72. The maximum atomic E-state index is 5.81. The number of benzene rings is 2. The van der Waals surface area contributed by atoms with Crippen molar-refractivity contribution in [1.29, 1.82) is 0 Å². The summed E-state index contributed by atoms with van der Waals surface area (Å²) in [4.78, 5) is 3.45. The molecule has 0 aliphatic heterocycles. The van der Waals surface area contributed by atoms with Gasteiger partial charge < -0.3 is 0 Å². The molecule has 0 spiro atoms. The highest BCUT2D eigenvalue weighted by molar-refractivity contribution is 7.84. The highest BCUT2D eigenvalue weighted by Crippen LogP contribution is 2.38. The lowest BCUT2D eigenvalue weighted by molar-refractivity contribution is 0.766. The van der Waals surface area contributed by atoms with Gasteiger partial charge in [0.1, 0.15) is 0 Å². The number of thiol groups is 3. The van der Waals surface area contributed by atoms with Crippen LogP contribution in [0.3, 0.4) is 0 Å². The summed E-state index contributed by atoms with van der Waals surface area (Å²) in [6, 6.07) is 16.2. The Morgan fingerprint density at radius 1 is 1.04 bits per heavy atom. The van der Waals surface area contributed by atoms with Gasteiger partial charge in [-0.1, -0.05) is 54.7 Å². The Balaban J connectivity index is 2.62. The highest BCUT2D eigenvalue weighted by atomic mass is 32.1. The van der Waals surface area contributed by atoms with Crippen LogP contribution < -0.4 is 0 Å². The van der Waals surface area contributed by atoms with Gasteiger partial charge in [0.2, 0.25) is 0 Å². The maximum absolute atomic E-state index is 5.81. The van der Waals surface area contributed by atoms with Crippen LogP contribution in [-0.2, 0) is 5.41 Å². The van der Waals surface area contributed by atoms with Gasteiger partial charge in [-0.25, -0.2) is 0 Å². The highest BCUT2D eigenvalue weighted by Gasteiger charge is 2.33. The zero-order chi connectivity index (χ0) is 17.7. The van der Waals surface area contributed by atoms with Gasteiger partial charge in [0.05, 0.1) is 5.41 Å². The molecule has 0 aliphatic rings. The first kappa shape index (κ1) is 19.4. The zero-order valence-electron chi connectivity index (χ0n) is 13.6. The molecule has 0 aliphatic carbocycles. The predicted molar refractivity (Wildman–Crippen MR) is 118 cm³/mol. The number of allylic oxidation sites excluding steroid dienone is 3. The lowest BCUT2D eigenvalue weighted by Crippen LogP contribution is -2.32. The average molecular weight is 389 g/mol. The minimum atomic E-state index is -0.465. The second-order valence-corrected chi connectivity index (χ2v) is 7.56. The molecule has 0 saturated heterocycles. The molecule has 0 heterocycles. The molecule has 1 atom stereocenters. The van der Waals surface area contributed by atoms with Crippen LogP contribution >= 0.6 is 50.1 Å². The van der Waals surface area contributed by atoms with Crippen molar-refractivity contribution in [3.05, 3.63) is 82.8 Å². The van der Waals surface area contributed by atoms with Gasteiger partial charge in [0, 0.05) is 14.7 Å². The average Bonchev–Trinajstić information content (AvgIpc) is 2.59. The van der Waals surface area contributed by atoms with Crippen LogP contribution in [0.15, 0.2) is 81.5 Å². The van der Waals surface area contributed by atoms with Crippen molar-refractivity contribution < 1.29 is 0 Å². The molecule has 2 aromatic carbocycles. The second-order valence-electron chi connectivity index (χ2n) is 5.60. The van der Waals surface area contributed by atoms with E-state index in [1.54, 1.807) is 0 Å². The van der Waals surface area contributed by atoms with E-state index in [1.165, 1.54) is 0 Å². The second kappa shape index (κ2) is 8.43. The van der Waals surface area contributed by atoms with Crippen LogP contribution in [0, 0.1) is 0 Å². The summed E-state index contributed by atoms with van der Waals surface area (Å²) in [7, 11) is 0. The Bertz CT molecular complexity index is 791. The van der Waals surface area contributed by atoms with Crippen LogP contribution in [0.1, 0.15) is 25.0 Å². The van der Waals surface area contributed by atoms with Crippen molar-refractivity contribution >= 4 is 55.0 Å². The van der Waals surface area contributed by atoms with E-state index in [4.69, 9.17) is 12.2 Å². The van der Waals surface area contributed by atoms with Crippen LogP contribution in [0.4, 0.5) is 0 Å². The Kier molecular flexibility index (Phi) is 6.81. The van der Waals surface area contributed by atoms with Gasteiger partial charge in [-0.15, -0.1) is 37.9 Å². The van der Waals surface area contributed by atoms with Gasteiger partial charge in [-0.05, 0) is 54.2 Å². The summed E-state index contributed by atoms with van der Waals surface area (Å²) in [5.74, 6) is 0. The Morgan fingerprint density at radius 3 is 2.29 bits per heavy atom. The number of hydrogen-bond acceptors (Lipinski definition) is 4. The summed E-state index contributed by atoms with van der Waals surface area (Å²) < 4.78 is 0. The van der Waals surface area contributed by atoms with Gasteiger partial charge in [-0.3, -0.25) is 0 Å². The molecule has 2 rings (SSSR count). The lowest BCUT2D eigenvalue weighted by atomic mass is 9.73. The molecule has 0 bridgehead atoms. The largest absolute Gasteiger partial charge is 0.144 e. The topological polar surface area (TPSA) is 0 Å². The maximum Gasteiger partial charge on any atom is 0.0536 e. The quantitative estimate of drug-likeness (QED) is 0.233. The molecule has 4 heteroatoms. The van der Waals surface area contributed by atoms with Crippen LogP contribution in [-0.4, -0.2) is 4.86 Å². The number of thiocarbonyl (C=S) groups is 1. The van der Waals surface area contributed by atoms with Crippen molar-refractivity contribution in [2.75, 3.05) is 0 Å². The minimum absolute atomic E-state index is 0.465. The van der Waals surface area contributed by atoms with E-state index >= 15 is 0 Å². The molecule has 2 aromatic rings. The molecule has 0 radical (unpaired) electrons. The standard InChI is InChI=1S/C20H20S4/c1-3-15(21)10-12-19(24)20(2,14-7-5-4-6-8-14)17-11-9-16(22)13-18(17)23/h3-13,21-23H,1-2H3/b12-10-,15-3+. The van der Waals surface area contributed by atoms with Gasteiger partial charge in [-0.2, -0.15) is 0 Å². The fourth-order valence-electron chi connectivity index (χ4n) is 2.57. The van der Waals surface area contributed by atoms with Gasteiger partial charge in [0.25, 0.3) is 0 Å². The van der Waals surface area contributed by atoms with Crippen molar-refractivity contribution in [2.45, 2.75) is 29.1 Å². The Hall–Kier alpha value is -0.940. The third kappa shape index (κ3) is 4.17. The molecule has 24 heavy (non-hydrogen) atoms. The summed E-state index contributed by atoms with van der Waals surface area (Å²) in [6.45, 7) is 4.08. The smallest absolute Gasteiger partial charge is 0.0536 e. The van der Waals surface area contributed by atoms with E-state index in [0.29, 0.717) is 0 Å². The first-order chi connectivity index (χ1) is 11.4. The van der Waals surface area contributed by atoms with E-state index in [0.717, 1.165) is 30.7 Å². The first-order valence-electron chi connectivity index (χ1n) is 7.55. The summed E-state index contributed by atoms with van der Waals surface area (Å²) >= 11 is 19.3. The van der Waals surface area contributed by atoms with Crippen LogP contribution in [0.5, 0.6) is 0 Å². The van der Waals surface area contributed by atoms with E-state index in [2.05, 4.69) is 63.0 Å². The minimum Gasteiger partial charge on any atom is -0.144 e. The van der Waals surface area contributed by atoms with Crippen molar-refractivity contribution in [2.24, 2.45) is 0 Å². The van der Waals surface area contributed by atoms with Crippen LogP contribution in [0.25, 0.3) is 0 Å². The van der Waals surface area contributed by atoms with Gasteiger partial charge in [0.15, 0.2) is 0 Å². The number of hydrogen-bond donors (Lipinski definition) is 3. The first-order valence-corrected chi connectivity index (χ1v) is 9.30. The fourth-order valence-corrected chi connectivity index (χ4v) is 3.68. The molecule has 0 amide bonds. The lowest BCUT2D eigenvalue weighted by Gasteiger charge is -2.32. The van der Waals surface area contributed by atoms with E-state index in [9.17, 15) is 0 Å². The van der Waals surface area contributed by atoms with Gasteiger partial charge >= 0.3 is 0 Å². The molecule has 0 nitrogen and oxygen atoms in total. The summed E-state index contributed by atoms with van der Waals surface area (Å²) in [6.07, 6.45) is 5.81. The molecule has 0 N–H and O–H groups in total. The van der Waals surface area contributed by atoms with E-state index < -0.39 is 5.41 Å². The van der Waals surface area contributed by atoms with Crippen molar-refractivity contribution in [3.63, 3.8) is 0 Å². The SMILES string of the molecule is C/C=C(S)\C=C/C(=S)C(C)(c1ccccc1)c1ccc(S)cc1S. The fraction of sp³-hybridized carbons (Fsp3) is 0.150. The Morgan fingerprint density at radius 2 is 1.71 bits per heavy atom. The Labute approximate surface area is 166 Å². The number of rotatable bonds is 5. The normalized spacial score (nSPS) is 14.6. The van der Waals surface area contributed by atoms with Crippen molar-refractivity contribution in [3.8, 4) is 0 Å². The van der Waals surface area contributed by atoms with Crippen LogP contribution in [0.2, 0.25) is 0 Å². The van der Waals surface area contributed by atoms with E-state index in [1.807, 2.05) is 55.5 Å². The predicted octanol–water partition coefficient (Wildman–Crippen LogP) is 6.33. The van der Waals surface area contributed by atoms with Crippen molar-refractivity contribution in [1.82, 2.24) is 0 Å². The molecule has 124 valence electrons. The molecule has 0 saturated carbocycles. The molecule has 1 unspecified atom stereocenters. The van der Waals surface area contributed by atoms with E-state index in [-0.39, 0.29) is 0 Å². The summed E-state index contributed by atoms with van der Waals surface area (Å²) in [5, 5.41) is 0. The molecule has 0 fully saturated rings. The third-order valence-electron chi connectivity index (χ3n) is 4.07. The monoisotopic (exact) mass is 388 g/mol.